The highest BCUT2D eigenvalue weighted by Gasteiger charge is 2.44. The number of ether oxygens (including phenoxy) is 1. The Morgan fingerprint density at radius 1 is 0.545 bits per heavy atom. The smallest absolute Gasteiger partial charge is 0.167 e. The lowest BCUT2D eigenvalue weighted by atomic mass is 10.0. The summed E-state index contributed by atoms with van der Waals surface area (Å²) < 4.78 is 8.03. The minimum absolute atomic E-state index is 0.289. The molecule has 3 rings (SSSR count). The molecule has 55 heavy (non-hydrogen) atoms. The number of nitrogens with two attached hydrogens (primary N) is 1. The van der Waals surface area contributed by atoms with Crippen LogP contribution in [-0.4, -0.2) is 72.6 Å². The van der Waals surface area contributed by atoms with E-state index < -0.39 is 24.5 Å². The summed E-state index contributed by atoms with van der Waals surface area (Å²) in [4.78, 5) is 15.2. The number of unbranched alkanes of at least 4 members (excludes halogenated alkanes) is 30. The summed E-state index contributed by atoms with van der Waals surface area (Å²) in [5, 5.41) is 22.2. The first-order valence-electron chi connectivity index (χ1n) is 23.7. The van der Waals surface area contributed by atoms with Crippen molar-refractivity contribution < 1.29 is 14.9 Å². The molecule has 2 aromatic rings. The predicted molar refractivity (Wildman–Crippen MR) is 231 cm³/mol. The number of aromatic nitrogens is 4. The minimum atomic E-state index is -1.08. The maximum Gasteiger partial charge on any atom is 0.167 e. The summed E-state index contributed by atoms with van der Waals surface area (Å²) in [6.45, 7) is 7.19. The van der Waals surface area contributed by atoms with Gasteiger partial charge < -0.3 is 25.6 Å². The minimum Gasteiger partial charge on any atom is -0.387 e. The summed E-state index contributed by atoms with van der Waals surface area (Å²) >= 11 is 0. The molecule has 4 N–H and O–H groups in total. The molecular weight excluding hydrogens is 685 g/mol. The van der Waals surface area contributed by atoms with E-state index in [0.717, 1.165) is 25.9 Å². The van der Waals surface area contributed by atoms with Crippen LogP contribution >= 0.6 is 0 Å². The molecule has 318 valence electrons. The van der Waals surface area contributed by atoms with Crippen LogP contribution in [0.4, 0.5) is 5.82 Å². The molecule has 3 heterocycles. The Morgan fingerprint density at radius 2 is 0.927 bits per heavy atom. The topological polar surface area (TPSA) is 123 Å². The third-order valence-corrected chi connectivity index (χ3v) is 12.1. The van der Waals surface area contributed by atoms with Crippen LogP contribution in [0.1, 0.15) is 226 Å². The normalized spacial score (nSPS) is 18.7. The fraction of sp³-hybridized carbons (Fsp3) is 0.891. The van der Waals surface area contributed by atoms with E-state index in [1.165, 1.54) is 199 Å². The average Bonchev–Trinajstić information content (AvgIpc) is 3.74. The summed E-state index contributed by atoms with van der Waals surface area (Å²) in [6.07, 6.45) is 43.4. The summed E-state index contributed by atoms with van der Waals surface area (Å²) in [7, 11) is 0. The molecule has 0 saturated carbocycles. The highest BCUT2D eigenvalue weighted by molar-refractivity contribution is 5.81. The number of fused-ring (bicyclic) bond motifs is 1. The molecule has 0 radical (unpaired) electrons. The molecule has 0 aliphatic carbocycles. The first-order chi connectivity index (χ1) is 27.1. The Kier molecular flexibility index (Phi) is 27.0. The van der Waals surface area contributed by atoms with Crippen LogP contribution in [0.15, 0.2) is 12.7 Å². The highest BCUT2D eigenvalue weighted by Crippen LogP contribution is 2.32. The monoisotopic (exact) mass is 771 g/mol. The van der Waals surface area contributed by atoms with E-state index in [0.29, 0.717) is 17.7 Å². The van der Waals surface area contributed by atoms with Crippen LogP contribution < -0.4 is 5.73 Å². The third-order valence-electron chi connectivity index (χ3n) is 12.1. The van der Waals surface area contributed by atoms with Gasteiger partial charge in [-0.05, 0) is 25.9 Å². The number of nitrogens with zero attached hydrogens (tertiary/aromatic N) is 5. The number of anilines is 1. The van der Waals surface area contributed by atoms with Crippen molar-refractivity contribution in [2.45, 2.75) is 244 Å². The van der Waals surface area contributed by atoms with Crippen LogP contribution in [-0.2, 0) is 4.74 Å². The molecular formula is C46H86N6O3. The Balaban J connectivity index is 1.32. The number of rotatable bonds is 37. The summed E-state index contributed by atoms with van der Waals surface area (Å²) in [5.74, 6) is 0.289. The van der Waals surface area contributed by atoms with Gasteiger partial charge in [0.05, 0.1) is 6.33 Å². The van der Waals surface area contributed by atoms with E-state index in [4.69, 9.17) is 10.5 Å². The third kappa shape index (κ3) is 19.9. The van der Waals surface area contributed by atoms with Crippen molar-refractivity contribution in [3.8, 4) is 0 Å². The largest absolute Gasteiger partial charge is 0.387 e. The Bertz CT molecular complexity index is 1140. The van der Waals surface area contributed by atoms with E-state index in [-0.39, 0.29) is 5.82 Å². The molecule has 0 amide bonds. The van der Waals surface area contributed by atoms with Crippen molar-refractivity contribution in [2.24, 2.45) is 0 Å². The van der Waals surface area contributed by atoms with E-state index in [1.54, 1.807) is 10.9 Å². The molecule has 0 unspecified atom stereocenters. The lowest BCUT2D eigenvalue weighted by molar-refractivity contribution is -0.0443. The van der Waals surface area contributed by atoms with Gasteiger partial charge in [0, 0.05) is 6.54 Å². The van der Waals surface area contributed by atoms with Crippen molar-refractivity contribution in [3.05, 3.63) is 12.7 Å². The molecule has 2 aromatic heterocycles. The fourth-order valence-corrected chi connectivity index (χ4v) is 8.48. The second-order valence-corrected chi connectivity index (χ2v) is 17.0. The molecule has 1 saturated heterocycles. The SMILES string of the molecule is CCCCCCCCCCCCCCCCCCN(CCCCCCCCCCCCCCCCCC)C[C@H]1O[C@@H](n2cnc3c(N)ncnc32)[C@H](O)[C@@H]1O. The number of aliphatic hydroxyl groups excluding tert-OH is 2. The molecule has 0 bridgehead atoms. The van der Waals surface area contributed by atoms with Crippen LogP contribution in [0.3, 0.4) is 0 Å². The number of nitrogen functional groups attached to an aromatic ring is 1. The van der Waals surface area contributed by atoms with Crippen LogP contribution in [0.2, 0.25) is 0 Å². The fourth-order valence-electron chi connectivity index (χ4n) is 8.48. The zero-order valence-electron chi connectivity index (χ0n) is 35.8. The zero-order chi connectivity index (χ0) is 39.2. The van der Waals surface area contributed by atoms with Crippen molar-refractivity contribution >= 4 is 17.0 Å². The van der Waals surface area contributed by atoms with Gasteiger partial charge in [0.2, 0.25) is 0 Å². The zero-order valence-corrected chi connectivity index (χ0v) is 35.8. The average molecular weight is 771 g/mol. The van der Waals surface area contributed by atoms with Crippen LogP contribution in [0.5, 0.6) is 0 Å². The van der Waals surface area contributed by atoms with Crippen LogP contribution in [0, 0.1) is 0 Å². The van der Waals surface area contributed by atoms with Gasteiger partial charge in [-0.15, -0.1) is 0 Å². The van der Waals surface area contributed by atoms with E-state index in [2.05, 4.69) is 33.7 Å². The van der Waals surface area contributed by atoms with E-state index in [1.807, 2.05) is 0 Å². The maximum absolute atomic E-state index is 11.1. The molecule has 1 fully saturated rings. The number of hydrogen-bond acceptors (Lipinski definition) is 8. The summed E-state index contributed by atoms with van der Waals surface area (Å²) in [6, 6.07) is 0. The second kappa shape index (κ2) is 31.2. The van der Waals surface area contributed by atoms with Gasteiger partial charge in [-0.25, -0.2) is 15.0 Å². The lowest BCUT2D eigenvalue weighted by Crippen LogP contribution is -2.40. The Labute approximate surface area is 337 Å². The van der Waals surface area contributed by atoms with Gasteiger partial charge in [-0.3, -0.25) is 4.57 Å². The lowest BCUT2D eigenvalue weighted by Gasteiger charge is -2.27. The molecule has 0 aromatic carbocycles. The first-order valence-corrected chi connectivity index (χ1v) is 23.7. The Hall–Kier alpha value is -1.81. The van der Waals surface area contributed by atoms with Crippen molar-refractivity contribution in [2.75, 3.05) is 25.4 Å². The van der Waals surface area contributed by atoms with E-state index in [9.17, 15) is 10.2 Å². The molecule has 0 spiro atoms. The van der Waals surface area contributed by atoms with Gasteiger partial charge >= 0.3 is 0 Å². The number of hydrogen-bond donors (Lipinski definition) is 3. The van der Waals surface area contributed by atoms with Crippen molar-refractivity contribution in [3.63, 3.8) is 0 Å². The Morgan fingerprint density at radius 3 is 1.33 bits per heavy atom. The van der Waals surface area contributed by atoms with Crippen molar-refractivity contribution in [1.82, 2.24) is 24.4 Å². The number of aliphatic hydroxyl groups is 2. The van der Waals surface area contributed by atoms with Crippen LogP contribution in [0.25, 0.3) is 11.2 Å². The molecule has 9 heteroatoms. The van der Waals surface area contributed by atoms with Gasteiger partial charge in [-0.2, -0.15) is 0 Å². The van der Waals surface area contributed by atoms with Gasteiger partial charge in [0.25, 0.3) is 0 Å². The highest BCUT2D eigenvalue weighted by atomic mass is 16.6. The quantitative estimate of drug-likeness (QED) is 0.0580. The van der Waals surface area contributed by atoms with Gasteiger partial charge in [0.15, 0.2) is 17.7 Å². The standard InChI is InChI=1S/C46H86N6O3/c1-3-5-7-9-11-13-15-17-19-21-23-25-27-29-31-33-35-51(36-34-32-30-28-26-24-22-20-18-16-14-12-10-8-6-4-2)37-40-42(53)43(54)46(55-40)52-39-50-41-44(47)48-38-49-45(41)52/h38-40,42-43,46,53-54H,3-37H2,1-2H3,(H2,47,48,49)/t40-,42-,43-,46-/m1/s1. The first kappa shape index (κ1) is 47.6. The predicted octanol–water partition coefficient (Wildman–Crippen LogP) is 11.9. The molecule has 1 aliphatic rings. The van der Waals surface area contributed by atoms with E-state index >= 15 is 0 Å². The molecule has 4 atom stereocenters. The molecule has 9 nitrogen and oxygen atoms in total. The van der Waals surface area contributed by atoms with Gasteiger partial charge in [-0.1, -0.05) is 206 Å². The second-order valence-electron chi connectivity index (χ2n) is 17.0. The molecule has 1 aliphatic heterocycles. The number of imidazole rings is 1. The van der Waals surface area contributed by atoms with Gasteiger partial charge in [0.1, 0.15) is 30.2 Å². The summed E-state index contributed by atoms with van der Waals surface area (Å²) in [5.41, 5.74) is 6.98. The maximum atomic E-state index is 11.1. The van der Waals surface area contributed by atoms with Crippen molar-refractivity contribution in [1.29, 1.82) is 0 Å².